The van der Waals surface area contributed by atoms with E-state index in [1.807, 2.05) is 18.2 Å². The van der Waals surface area contributed by atoms with Gasteiger partial charge in [0.15, 0.2) is 11.7 Å². The first-order valence-corrected chi connectivity index (χ1v) is 9.54. The second kappa shape index (κ2) is 10.9. The molecule has 0 atom stereocenters. The Hall–Kier alpha value is -1.89. The maximum atomic E-state index is 13.1. The third-order valence-corrected chi connectivity index (χ3v) is 4.88. The zero-order chi connectivity index (χ0) is 20.9. The van der Waals surface area contributed by atoms with Crippen LogP contribution in [0.15, 0.2) is 35.6 Å². The van der Waals surface area contributed by atoms with Gasteiger partial charge in [0.05, 0.1) is 5.69 Å². The summed E-state index contributed by atoms with van der Waals surface area (Å²) in [7, 11) is 3.09. The van der Waals surface area contributed by atoms with Crippen LogP contribution in [0.4, 0.5) is 13.2 Å². The van der Waals surface area contributed by atoms with Gasteiger partial charge >= 0.3 is 6.18 Å². The van der Waals surface area contributed by atoms with E-state index in [0.29, 0.717) is 5.96 Å². The lowest BCUT2D eigenvalue weighted by atomic mass is 10.0. The highest BCUT2D eigenvalue weighted by atomic mass is 127. The van der Waals surface area contributed by atoms with Crippen molar-refractivity contribution in [1.82, 2.24) is 30.3 Å². The number of aryl methyl sites for hydroxylation is 1. The third-order valence-electron chi connectivity index (χ3n) is 4.88. The average molecular weight is 537 g/mol. The van der Waals surface area contributed by atoms with Gasteiger partial charge in [0.25, 0.3) is 0 Å². The van der Waals surface area contributed by atoms with Crippen molar-refractivity contribution in [3.8, 4) is 0 Å². The number of guanidine groups is 1. The first-order chi connectivity index (χ1) is 13.8. The highest BCUT2D eigenvalue weighted by Crippen LogP contribution is 2.30. The molecule has 0 amide bonds. The van der Waals surface area contributed by atoms with Crippen LogP contribution in [0.3, 0.4) is 0 Å². The zero-order valence-corrected chi connectivity index (χ0v) is 19.3. The number of pyridine rings is 1. The molecule has 0 aromatic carbocycles. The van der Waals surface area contributed by atoms with E-state index < -0.39 is 11.9 Å². The fourth-order valence-electron chi connectivity index (χ4n) is 3.43. The van der Waals surface area contributed by atoms with E-state index >= 15 is 0 Å². The summed E-state index contributed by atoms with van der Waals surface area (Å²) in [6, 6.07) is 6.13. The summed E-state index contributed by atoms with van der Waals surface area (Å²) in [5.74, 6) is 0.491. The molecule has 166 valence electrons. The van der Waals surface area contributed by atoms with Gasteiger partial charge < -0.3 is 10.6 Å². The number of piperidine rings is 1. The first kappa shape index (κ1) is 24.4. The Labute approximate surface area is 191 Å². The van der Waals surface area contributed by atoms with Gasteiger partial charge in [-0.05, 0) is 25.0 Å². The normalized spacial score (nSPS) is 16.2. The van der Waals surface area contributed by atoms with Crippen molar-refractivity contribution in [2.75, 3.05) is 20.1 Å². The predicted octanol–water partition coefficient (Wildman–Crippen LogP) is 2.78. The SMILES string of the molecule is CN=C(NCc1cn(C)nc1C(F)(F)F)NC1CCN(Cc2ccccn2)CC1.I. The Balaban J connectivity index is 0.00000320. The topological polar surface area (TPSA) is 70.4 Å². The van der Waals surface area contributed by atoms with E-state index in [1.165, 1.54) is 17.9 Å². The van der Waals surface area contributed by atoms with Crippen molar-refractivity contribution in [3.63, 3.8) is 0 Å². The Morgan fingerprint density at radius 3 is 2.60 bits per heavy atom. The van der Waals surface area contributed by atoms with E-state index in [0.717, 1.165) is 38.2 Å². The number of aromatic nitrogens is 3. The Morgan fingerprint density at radius 2 is 2.00 bits per heavy atom. The standard InChI is InChI=1S/C19H26F3N7.HI/c1-23-18(25-11-14-12-28(2)27-17(14)19(20,21)22)26-15-6-9-29(10-7-15)13-16-5-3-4-8-24-16;/h3-5,8,12,15H,6-7,9-11,13H2,1-2H3,(H2,23,25,26);1H. The van der Waals surface area contributed by atoms with E-state index in [9.17, 15) is 13.2 Å². The molecule has 0 unspecified atom stereocenters. The van der Waals surface area contributed by atoms with Crippen LogP contribution in [0.2, 0.25) is 0 Å². The van der Waals surface area contributed by atoms with Crippen LogP contribution in [0.1, 0.15) is 29.8 Å². The van der Waals surface area contributed by atoms with Gasteiger partial charge in [-0.1, -0.05) is 6.07 Å². The molecule has 1 fully saturated rings. The van der Waals surface area contributed by atoms with Crippen LogP contribution in [0, 0.1) is 0 Å². The van der Waals surface area contributed by atoms with Crippen molar-refractivity contribution in [2.24, 2.45) is 12.0 Å². The molecule has 2 aromatic heterocycles. The second-order valence-corrected chi connectivity index (χ2v) is 7.12. The molecule has 1 aliphatic rings. The Morgan fingerprint density at radius 1 is 1.27 bits per heavy atom. The summed E-state index contributed by atoms with van der Waals surface area (Å²) in [6.45, 7) is 2.67. The quantitative estimate of drug-likeness (QED) is 0.349. The minimum absolute atomic E-state index is 0. The molecule has 0 radical (unpaired) electrons. The van der Waals surface area contributed by atoms with Crippen LogP contribution < -0.4 is 10.6 Å². The van der Waals surface area contributed by atoms with Crippen LogP contribution in [-0.2, 0) is 26.3 Å². The zero-order valence-electron chi connectivity index (χ0n) is 17.0. The molecule has 0 spiro atoms. The summed E-state index contributed by atoms with van der Waals surface area (Å²) in [5, 5.41) is 9.81. The Bertz CT molecular complexity index is 815. The van der Waals surface area contributed by atoms with Crippen molar-refractivity contribution >= 4 is 29.9 Å². The number of likely N-dealkylation sites (tertiary alicyclic amines) is 1. The summed E-state index contributed by atoms with van der Waals surface area (Å²) in [5.41, 5.74) is 0.271. The third kappa shape index (κ3) is 6.83. The molecule has 11 heteroatoms. The van der Waals surface area contributed by atoms with Gasteiger partial charge in [0.2, 0.25) is 0 Å². The summed E-state index contributed by atoms with van der Waals surface area (Å²) < 4.78 is 40.4. The van der Waals surface area contributed by atoms with Gasteiger partial charge in [-0.25, -0.2) is 0 Å². The monoisotopic (exact) mass is 537 g/mol. The van der Waals surface area contributed by atoms with E-state index in [1.54, 1.807) is 13.2 Å². The molecule has 3 rings (SSSR count). The lowest BCUT2D eigenvalue weighted by Gasteiger charge is -2.32. The number of nitrogens with zero attached hydrogens (tertiary/aromatic N) is 5. The minimum atomic E-state index is -4.48. The van der Waals surface area contributed by atoms with Crippen LogP contribution in [0.25, 0.3) is 0 Å². The molecular weight excluding hydrogens is 510 g/mol. The summed E-state index contributed by atoms with van der Waals surface area (Å²) in [4.78, 5) is 10.9. The molecule has 2 N–H and O–H groups in total. The number of hydrogen-bond donors (Lipinski definition) is 2. The number of rotatable bonds is 5. The highest BCUT2D eigenvalue weighted by molar-refractivity contribution is 14.0. The van der Waals surface area contributed by atoms with E-state index in [4.69, 9.17) is 0 Å². The molecule has 1 saturated heterocycles. The van der Waals surface area contributed by atoms with Gasteiger partial charge in [0, 0.05) is 64.3 Å². The lowest BCUT2D eigenvalue weighted by molar-refractivity contribution is -0.142. The number of nitrogens with one attached hydrogen (secondary N) is 2. The molecule has 0 bridgehead atoms. The summed E-state index contributed by atoms with van der Waals surface area (Å²) >= 11 is 0. The molecule has 1 aliphatic heterocycles. The fraction of sp³-hybridized carbons (Fsp3) is 0.526. The van der Waals surface area contributed by atoms with E-state index in [2.05, 4.69) is 30.6 Å². The number of halogens is 4. The molecular formula is C19H27F3IN7. The van der Waals surface area contributed by atoms with Gasteiger partial charge in [-0.2, -0.15) is 18.3 Å². The largest absolute Gasteiger partial charge is 0.435 e. The van der Waals surface area contributed by atoms with Gasteiger partial charge in [-0.15, -0.1) is 24.0 Å². The molecule has 30 heavy (non-hydrogen) atoms. The van der Waals surface area contributed by atoms with Gasteiger partial charge in [0.1, 0.15) is 0 Å². The molecule has 3 heterocycles. The Kier molecular flexibility index (Phi) is 8.89. The van der Waals surface area contributed by atoms with Crippen molar-refractivity contribution < 1.29 is 13.2 Å². The van der Waals surface area contributed by atoms with Crippen molar-refractivity contribution in [3.05, 3.63) is 47.5 Å². The smallest absolute Gasteiger partial charge is 0.354 e. The lowest BCUT2D eigenvalue weighted by Crippen LogP contribution is -2.48. The number of hydrogen-bond acceptors (Lipinski definition) is 4. The minimum Gasteiger partial charge on any atom is -0.354 e. The van der Waals surface area contributed by atoms with E-state index in [-0.39, 0.29) is 42.1 Å². The maximum absolute atomic E-state index is 13.1. The summed E-state index contributed by atoms with van der Waals surface area (Å²) in [6.07, 6.45) is 0.545. The van der Waals surface area contributed by atoms with Crippen molar-refractivity contribution in [1.29, 1.82) is 0 Å². The van der Waals surface area contributed by atoms with Crippen molar-refractivity contribution in [2.45, 2.75) is 38.1 Å². The number of aliphatic imine (C=N–C) groups is 1. The molecule has 7 nitrogen and oxygen atoms in total. The molecule has 0 saturated carbocycles. The number of alkyl halides is 3. The van der Waals surface area contributed by atoms with Crippen LogP contribution in [-0.4, -0.2) is 51.8 Å². The van der Waals surface area contributed by atoms with Gasteiger partial charge in [-0.3, -0.25) is 19.6 Å². The molecule has 2 aromatic rings. The highest BCUT2D eigenvalue weighted by Gasteiger charge is 2.36. The average Bonchev–Trinajstić information content (AvgIpc) is 3.08. The second-order valence-electron chi connectivity index (χ2n) is 7.12. The predicted molar refractivity (Wildman–Crippen MR) is 119 cm³/mol. The fourth-order valence-corrected chi connectivity index (χ4v) is 3.43. The maximum Gasteiger partial charge on any atom is 0.435 e. The molecule has 0 aliphatic carbocycles. The van der Waals surface area contributed by atoms with Crippen LogP contribution in [0.5, 0.6) is 0 Å². The first-order valence-electron chi connectivity index (χ1n) is 9.54. The van der Waals surface area contributed by atoms with Crippen LogP contribution >= 0.6 is 24.0 Å².